The number of likely N-dealkylation sites (N-methyl/N-ethyl adjacent to an activating group) is 1. The largest absolute Gasteiger partial charge is 0.444 e. The Balaban J connectivity index is 1.61. The molecular weight excluding hydrogens is 550 g/mol. The standard InChI is InChI=1S/C31H41N7O3S/c1-6-24-25(18-32)28(38-15-7-14-37(5)16-17-38)36-29(26(24)19-33)42-21-23-10-8-22(9-11-23)20-35-27(39)12-13-34-30(40)41-31(2,3)4/h8-11H,6-7,12-17,20-21H2,1-5H3,(H,34,40)(H,35,39). The SMILES string of the molecule is CCc1c(C#N)c(SCc2ccc(CNC(=O)CCNC(=O)OC(C)(C)C)cc2)nc(N2CCCN(C)CC2)c1C#N. The second-order valence-electron chi connectivity index (χ2n) is 11.3. The summed E-state index contributed by atoms with van der Waals surface area (Å²) < 4.78 is 5.16. The number of anilines is 1. The van der Waals surface area contributed by atoms with Crippen LogP contribution in [-0.2, 0) is 28.2 Å². The van der Waals surface area contributed by atoms with E-state index in [-0.39, 0.29) is 18.9 Å². The third kappa shape index (κ3) is 9.64. The van der Waals surface area contributed by atoms with Crippen molar-refractivity contribution in [1.82, 2.24) is 20.5 Å². The highest BCUT2D eigenvalue weighted by Crippen LogP contribution is 2.33. The van der Waals surface area contributed by atoms with E-state index in [1.165, 1.54) is 11.8 Å². The summed E-state index contributed by atoms with van der Waals surface area (Å²) in [7, 11) is 2.10. The number of carbonyl (C=O) groups is 2. The van der Waals surface area contributed by atoms with Gasteiger partial charge in [0.2, 0.25) is 5.91 Å². The Hall–Kier alpha value is -3.80. The van der Waals surface area contributed by atoms with Crippen LogP contribution >= 0.6 is 11.8 Å². The van der Waals surface area contributed by atoms with Crippen LogP contribution in [0.4, 0.5) is 10.6 Å². The summed E-state index contributed by atoms with van der Waals surface area (Å²) in [6.45, 7) is 11.4. The Morgan fingerprint density at radius 3 is 2.36 bits per heavy atom. The normalized spacial score (nSPS) is 13.9. The Kier molecular flexibility index (Phi) is 12.0. The van der Waals surface area contributed by atoms with E-state index >= 15 is 0 Å². The van der Waals surface area contributed by atoms with Gasteiger partial charge in [-0.15, -0.1) is 11.8 Å². The first kappa shape index (κ1) is 32.7. The van der Waals surface area contributed by atoms with Crippen molar-refractivity contribution in [2.45, 2.75) is 69.9 Å². The van der Waals surface area contributed by atoms with Crippen molar-refractivity contribution in [2.24, 2.45) is 0 Å². The van der Waals surface area contributed by atoms with E-state index in [1.54, 1.807) is 20.8 Å². The molecule has 2 aromatic rings. The van der Waals surface area contributed by atoms with Crippen LogP contribution in [0.3, 0.4) is 0 Å². The Labute approximate surface area is 253 Å². The van der Waals surface area contributed by atoms with Crippen molar-refractivity contribution in [3.8, 4) is 12.1 Å². The molecule has 2 heterocycles. The van der Waals surface area contributed by atoms with Crippen LogP contribution in [0.2, 0.25) is 0 Å². The van der Waals surface area contributed by atoms with Crippen molar-refractivity contribution in [3.63, 3.8) is 0 Å². The fraction of sp³-hybridized carbons (Fsp3) is 0.516. The minimum absolute atomic E-state index is 0.155. The van der Waals surface area contributed by atoms with E-state index in [1.807, 2.05) is 31.2 Å². The number of nitriles is 2. The molecule has 1 aromatic carbocycles. The molecule has 1 saturated heterocycles. The average molecular weight is 592 g/mol. The van der Waals surface area contributed by atoms with Gasteiger partial charge < -0.3 is 25.2 Å². The lowest BCUT2D eigenvalue weighted by Crippen LogP contribution is -2.35. The Bertz CT molecular complexity index is 1330. The van der Waals surface area contributed by atoms with Crippen LogP contribution in [0.15, 0.2) is 29.3 Å². The third-order valence-corrected chi connectivity index (χ3v) is 7.80. The van der Waals surface area contributed by atoms with Gasteiger partial charge in [-0.1, -0.05) is 31.2 Å². The molecule has 0 saturated carbocycles. The number of benzene rings is 1. The van der Waals surface area contributed by atoms with Gasteiger partial charge in [-0.25, -0.2) is 9.78 Å². The summed E-state index contributed by atoms with van der Waals surface area (Å²) in [5.74, 6) is 1.13. The number of alkyl carbamates (subject to hydrolysis) is 1. The van der Waals surface area contributed by atoms with Gasteiger partial charge in [-0.05, 0) is 63.9 Å². The lowest BCUT2D eigenvalue weighted by molar-refractivity contribution is -0.121. The number of nitrogens with zero attached hydrogens (tertiary/aromatic N) is 5. The van der Waals surface area contributed by atoms with Gasteiger partial charge in [0.15, 0.2) is 0 Å². The number of aromatic nitrogens is 1. The van der Waals surface area contributed by atoms with Crippen LogP contribution in [-0.4, -0.2) is 67.3 Å². The van der Waals surface area contributed by atoms with Crippen LogP contribution in [0.5, 0.6) is 0 Å². The number of pyridine rings is 1. The summed E-state index contributed by atoms with van der Waals surface area (Å²) in [6, 6.07) is 12.6. The maximum absolute atomic E-state index is 12.2. The lowest BCUT2D eigenvalue weighted by atomic mass is 10.0. The molecule has 2 amide bonds. The zero-order valence-corrected chi connectivity index (χ0v) is 26.1. The lowest BCUT2D eigenvalue weighted by Gasteiger charge is -2.25. The molecule has 0 bridgehead atoms. The maximum Gasteiger partial charge on any atom is 0.407 e. The molecule has 42 heavy (non-hydrogen) atoms. The highest BCUT2D eigenvalue weighted by Gasteiger charge is 2.24. The maximum atomic E-state index is 12.2. The molecule has 1 fully saturated rings. The quantitative estimate of drug-likeness (QED) is 0.387. The van der Waals surface area contributed by atoms with Crippen molar-refractivity contribution in [3.05, 3.63) is 52.1 Å². The first-order valence-corrected chi connectivity index (χ1v) is 15.3. The number of carbonyl (C=O) groups excluding carboxylic acids is 2. The molecule has 0 spiro atoms. The van der Waals surface area contributed by atoms with E-state index in [2.05, 4.69) is 39.6 Å². The molecule has 10 nitrogen and oxygen atoms in total. The molecule has 1 aliphatic rings. The first-order valence-electron chi connectivity index (χ1n) is 14.3. The smallest absolute Gasteiger partial charge is 0.407 e. The molecule has 0 unspecified atom stereocenters. The van der Waals surface area contributed by atoms with Gasteiger partial charge in [0.05, 0.1) is 11.1 Å². The number of hydrogen-bond donors (Lipinski definition) is 2. The van der Waals surface area contributed by atoms with E-state index in [9.17, 15) is 20.1 Å². The zero-order valence-electron chi connectivity index (χ0n) is 25.2. The fourth-order valence-corrected chi connectivity index (χ4v) is 5.52. The number of nitrogens with one attached hydrogen (secondary N) is 2. The molecule has 0 aliphatic carbocycles. The predicted molar refractivity (Wildman–Crippen MR) is 164 cm³/mol. The highest BCUT2D eigenvalue weighted by atomic mass is 32.2. The number of ether oxygens (including phenoxy) is 1. The Morgan fingerprint density at radius 2 is 1.71 bits per heavy atom. The third-order valence-electron chi connectivity index (χ3n) is 6.75. The molecule has 0 radical (unpaired) electrons. The number of rotatable bonds is 10. The van der Waals surface area contributed by atoms with Gasteiger partial charge in [0.25, 0.3) is 0 Å². The zero-order chi connectivity index (χ0) is 30.7. The van der Waals surface area contributed by atoms with Crippen LogP contribution in [0.1, 0.15) is 68.4 Å². The van der Waals surface area contributed by atoms with Gasteiger partial charge in [-0.3, -0.25) is 4.79 Å². The highest BCUT2D eigenvalue weighted by molar-refractivity contribution is 7.98. The summed E-state index contributed by atoms with van der Waals surface area (Å²) in [6.07, 6.45) is 1.18. The molecule has 1 aromatic heterocycles. The van der Waals surface area contributed by atoms with Crippen molar-refractivity contribution in [1.29, 1.82) is 10.5 Å². The summed E-state index contributed by atoms with van der Waals surface area (Å²) >= 11 is 1.50. The number of hydrogen-bond acceptors (Lipinski definition) is 9. The number of thioether (sulfide) groups is 1. The Morgan fingerprint density at radius 1 is 1.02 bits per heavy atom. The van der Waals surface area contributed by atoms with E-state index in [4.69, 9.17) is 9.72 Å². The molecule has 11 heteroatoms. The van der Waals surface area contributed by atoms with Gasteiger partial charge in [-0.2, -0.15) is 10.5 Å². The average Bonchev–Trinajstić information content (AvgIpc) is 3.17. The summed E-state index contributed by atoms with van der Waals surface area (Å²) in [4.78, 5) is 33.2. The molecule has 1 aliphatic heterocycles. The molecule has 3 rings (SSSR count). The van der Waals surface area contributed by atoms with E-state index < -0.39 is 11.7 Å². The van der Waals surface area contributed by atoms with E-state index in [0.29, 0.717) is 40.7 Å². The fourth-order valence-electron chi connectivity index (χ4n) is 4.56. The minimum Gasteiger partial charge on any atom is -0.444 e. The van der Waals surface area contributed by atoms with Gasteiger partial charge in [0.1, 0.15) is 28.6 Å². The first-order chi connectivity index (χ1) is 20.0. The predicted octanol–water partition coefficient (Wildman–Crippen LogP) is 4.35. The van der Waals surface area contributed by atoms with Crippen molar-refractivity contribution >= 4 is 29.6 Å². The molecule has 2 N–H and O–H groups in total. The van der Waals surface area contributed by atoms with E-state index in [0.717, 1.165) is 49.3 Å². The van der Waals surface area contributed by atoms with Gasteiger partial charge >= 0.3 is 6.09 Å². The van der Waals surface area contributed by atoms with Crippen LogP contribution in [0, 0.1) is 22.7 Å². The van der Waals surface area contributed by atoms with Gasteiger partial charge in [0, 0.05) is 44.9 Å². The molecule has 224 valence electrons. The van der Waals surface area contributed by atoms with Crippen molar-refractivity contribution < 1.29 is 14.3 Å². The topological polar surface area (TPSA) is 134 Å². The second-order valence-corrected chi connectivity index (χ2v) is 12.2. The summed E-state index contributed by atoms with van der Waals surface area (Å²) in [5.41, 5.74) is 3.18. The second kappa shape index (κ2) is 15.4. The monoisotopic (exact) mass is 591 g/mol. The molecule has 0 atom stereocenters. The minimum atomic E-state index is -0.584. The number of amides is 2. The van der Waals surface area contributed by atoms with Crippen LogP contribution < -0.4 is 15.5 Å². The van der Waals surface area contributed by atoms with Crippen LogP contribution in [0.25, 0.3) is 0 Å². The molecular formula is C31H41N7O3S. The summed E-state index contributed by atoms with van der Waals surface area (Å²) in [5, 5.41) is 26.1. The van der Waals surface area contributed by atoms with Crippen molar-refractivity contribution in [2.75, 3.05) is 44.7 Å².